The summed E-state index contributed by atoms with van der Waals surface area (Å²) in [6.07, 6.45) is 0. The highest BCUT2D eigenvalue weighted by Gasteiger charge is 2.12. The van der Waals surface area contributed by atoms with E-state index >= 15 is 0 Å². The summed E-state index contributed by atoms with van der Waals surface area (Å²) in [7, 11) is 0. The molecule has 1 unspecified atom stereocenters. The molecule has 2 aromatic rings. The zero-order valence-electron chi connectivity index (χ0n) is 13.1. The average Bonchev–Trinajstić information content (AvgIpc) is 2.55. The van der Waals surface area contributed by atoms with Crippen LogP contribution < -0.4 is 5.32 Å². The fraction of sp³-hybridized carbons (Fsp3) is 0.222. The average molecular weight is 314 g/mol. The van der Waals surface area contributed by atoms with E-state index in [1.807, 2.05) is 37.3 Å². The molecule has 0 spiro atoms. The van der Waals surface area contributed by atoms with Crippen molar-refractivity contribution in [1.29, 1.82) is 0 Å². The second-order valence-electron chi connectivity index (χ2n) is 4.92. The lowest BCUT2D eigenvalue weighted by Gasteiger charge is -2.13. The molecule has 0 aliphatic rings. The van der Waals surface area contributed by atoms with Crippen LogP contribution in [0, 0.1) is 5.82 Å². The summed E-state index contributed by atoms with van der Waals surface area (Å²) in [5.41, 5.74) is 1.22. The van der Waals surface area contributed by atoms with Crippen LogP contribution in [0.3, 0.4) is 0 Å². The number of hydrogen-bond donors (Lipinski definition) is 1. The van der Waals surface area contributed by atoms with E-state index in [-0.39, 0.29) is 17.6 Å². The van der Waals surface area contributed by atoms with Gasteiger partial charge < -0.3 is 4.74 Å². The van der Waals surface area contributed by atoms with Crippen molar-refractivity contribution < 1.29 is 13.9 Å². The third-order valence-corrected chi connectivity index (χ3v) is 3.18. The lowest BCUT2D eigenvalue weighted by atomic mass is 10.1. The molecule has 5 heteroatoms. The fourth-order valence-electron chi connectivity index (χ4n) is 2.02. The van der Waals surface area contributed by atoms with Crippen molar-refractivity contribution in [3.63, 3.8) is 0 Å². The van der Waals surface area contributed by atoms with Gasteiger partial charge in [0.25, 0.3) is 11.9 Å². The van der Waals surface area contributed by atoms with Gasteiger partial charge in [-0.05, 0) is 37.6 Å². The highest BCUT2D eigenvalue weighted by Crippen LogP contribution is 2.16. The number of carbonyl (C=O) groups excluding carboxylic acids is 1. The first kappa shape index (κ1) is 16.7. The third kappa shape index (κ3) is 4.92. The highest BCUT2D eigenvalue weighted by molar-refractivity contribution is 6.04. The molecule has 0 fully saturated rings. The molecule has 1 amide bonds. The predicted molar refractivity (Wildman–Crippen MR) is 87.8 cm³/mol. The molecule has 0 bridgehead atoms. The maximum Gasteiger partial charge on any atom is 0.292 e. The number of halogens is 1. The first-order valence-electron chi connectivity index (χ1n) is 7.42. The summed E-state index contributed by atoms with van der Waals surface area (Å²) in [5, 5.41) is 2.58. The summed E-state index contributed by atoms with van der Waals surface area (Å²) in [5.74, 6) is -0.929. The van der Waals surface area contributed by atoms with Gasteiger partial charge in [-0.1, -0.05) is 36.4 Å². The Balaban J connectivity index is 2.14. The van der Waals surface area contributed by atoms with Gasteiger partial charge in [0.1, 0.15) is 5.82 Å². The van der Waals surface area contributed by atoms with Crippen molar-refractivity contribution in [2.45, 2.75) is 19.9 Å². The SMILES string of the molecule is CCOC(=NC(C)c1ccccc1)NC(=O)c1cccc(F)c1. The number of carbonyl (C=O) groups is 1. The van der Waals surface area contributed by atoms with E-state index in [9.17, 15) is 9.18 Å². The monoisotopic (exact) mass is 314 g/mol. The van der Waals surface area contributed by atoms with Gasteiger partial charge in [0.2, 0.25) is 0 Å². The number of ether oxygens (including phenoxy) is 1. The van der Waals surface area contributed by atoms with E-state index in [1.165, 1.54) is 24.3 Å². The summed E-state index contributed by atoms with van der Waals surface area (Å²) < 4.78 is 18.6. The van der Waals surface area contributed by atoms with Crippen molar-refractivity contribution in [1.82, 2.24) is 5.32 Å². The second kappa shape index (κ2) is 8.08. The molecular formula is C18H19FN2O2. The Bertz CT molecular complexity index is 686. The summed E-state index contributed by atoms with van der Waals surface area (Å²) in [6.45, 7) is 4.07. The molecule has 0 aromatic heterocycles. The maximum absolute atomic E-state index is 13.2. The Kier molecular flexibility index (Phi) is 5.86. The second-order valence-corrected chi connectivity index (χ2v) is 4.92. The predicted octanol–water partition coefficient (Wildman–Crippen LogP) is 3.71. The van der Waals surface area contributed by atoms with Crippen molar-refractivity contribution in [2.75, 3.05) is 6.61 Å². The molecule has 0 heterocycles. The van der Waals surface area contributed by atoms with Gasteiger partial charge in [0, 0.05) is 5.56 Å². The molecule has 1 N–H and O–H groups in total. The number of nitrogens with zero attached hydrogens (tertiary/aromatic N) is 1. The fourth-order valence-corrected chi connectivity index (χ4v) is 2.02. The Morgan fingerprint density at radius 3 is 2.61 bits per heavy atom. The molecule has 0 radical (unpaired) electrons. The summed E-state index contributed by atoms with van der Waals surface area (Å²) in [6, 6.07) is 15.1. The van der Waals surface area contributed by atoms with Crippen LogP contribution in [0.1, 0.15) is 35.8 Å². The molecule has 120 valence electrons. The lowest BCUT2D eigenvalue weighted by Crippen LogP contribution is -2.33. The quantitative estimate of drug-likeness (QED) is 0.691. The van der Waals surface area contributed by atoms with E-state index in [4.69, 9.17) is 4.74 Å². The van der Waals surface area contributed by atoms with Gasteiger partial charge in [-0.2, -0.15) is 0 Å². The molecule has 0 aliphatic carbocycles. The molecule has 1 atom stereocenters. The summed E-state index contributed by atoms with van der Waals surface area (Å²) >= 11 is 0. The number of rotatable bonds is 4. The van der Waals surface area contributed by atoms with Crippen LogP contribution in [0.25, 0.3) is 0 Å². The molecule has 2 aromatic carbocycles. The van der Waals surface area contributed by atoms with Crippen molar-refractivity contribution in [3.8, 4) is 0 Å². The van der Waals surface area contributed by atoms with E-state index in [0.29, 0.717) is 6.61 Å². The lowest BCUT2D eigenvalue weighted by molar-refractivity contribution is 0.0965. The van der Waals surface area contributed by atoms with Crippen LogP contribution in [-0.2, 0) is 4.74 Å². The number of hydrogen-bond acceptors (Lipinski definition) is 3. The largest absolute Gasteiger partial charge is 0.465 e. The van der Waals surface area contributed by atoms with Crippen LogP contribution in [0.15, 0.2) is 59.6 Å². The Hall–Kier alpha value is -2.69. The van der Waals surface area contributed by atoms with E-state index in [1.54, 1.807) is 6.92 Å². The highest BCUT2D eigenvalue weighted by atomic mass is 19.1. The first-order valence-corrected chi connectivity index (χ1v) is 7.42. The minimum absolute atomic E-state index is 0.123. The smallest absolute Gasteiger partial charge is 0.292 e. The van der Waals surface area contributed by atoms with Gasteiger partial charge in [0.05, 0.1) is 12.6 Å². The van der Waals surface area contributed by atoms with Gasteiger partial charge in [0.15, 0.2) is 0 Å². The minimum atomic E-state index is -0.467. The zero-order chi connectivity index (χ0) is 16.7. The standard InChI is InChI=1S/C18H19FN2O2/c1-3-23-18(20-13(2)14-8-5-4-6-9-14)21-17(22)15-10-7-11-16(19)12-15/h4-13H,3H2,1-2H3,(H,20,21,22). The van der Waals surface area contributed by atoms with E-state index < -0.39 is 11.7 Å². The number of amidine groups is 1. The van der Waals surface area contributed by atoms with Crippen molar-refractivity contribution >= 4 is 11.9 Å². The van der Waals surface area contributed by atoms with Crippen molar-refractivity contribution in [2.24, 2.45) is 4.99 Å². The number of benzene rings is 2. The molecule has 4 nitrogen and oxygen atoms in total. The van der Waals surface area contributed by atoms with E-state index in [0.717, 1.165) is 5.56 Å². The molecule has 0 saturated heterocycles. The van der Waals surface area contributed by atoms with E-state index in [2.05, 4.69) is 10.3 Å². The normalized spacial score (nSPS) is 12.6. The van der Waals surface area contributed by atoms with Gasteiger partial charge in [-0.25, -0.2) is 9.38 Å². The number of amides is 1. The van der Waals surface area contributed by atoms with Gasteiger partial charge in [-0.3, -0.25) is 10.1 Å². The molecular weight excluding hydrogens is 295 g/mol. The molecule has 23 heavy (non-hydrogen) atoms. The van der Waals surface area contributed by atoms with Crippen LogP contribution in [-0.4, -0.2) is 18.5 Å². The maximum atomic E-state index is 13.2. The number of nitrogens with one attached hydrogen (secondary N) is 1. The first-order chi connectivity index (χ1) is 11.1. The topological polar surface area (TPSA) is 50.7 Å². The van der Waals surface area contributed by atoms with Gasteiger partial charge >= 0.3 is 0 Å². The molecule has 0 saturated carbocycles. The third-order valence-electron chi connectivity index (χ3n) is 3.18. The summed E-state index contributed by atoms with van der Waals surface area (Å²) in [4.78, 5) is 16.6. The zero-order valence-corrected chi connectivity index (χ0v) is 13.1. The molecule has 0 aliphatic heterocycles. The van der Waals surface area contributed by atoms with Crippen molar-refractivity contribution in [3.05, 3.63) is 71.5 Å². The minimum Gasteiger partial charge on any atom is -0.465 e. The van der Waals surface area contributed by atoms with Crippen LogP contribution >= 0.6 is 0 Å². The van der Waals surface area contributed by atoms with Crippen LogP contribution in [0.2, 0.25) is 0 Å². The Morgan fingerprint density at radius 1 is 1.22 bits per heavy atom. The molecule has 2 rings (SSSR count). The number of aliphatic imine (C=N–C) groups is 1. The van der Waals surface area contributed by atoms with Gasteiger partial charge in [-0.15, -0.1) is 0 Å². The van der Waals surface area contributed by atoms with Crippen LogP contribution in [0.4, 0.5) is 4.39 Å². The van der Waals surface area contributed by atoms with Crippen LogP contribution in [0.5, 0.6) is 0 Å². The Labute approximate surface area is 135 Å². The Morgan fingerprint density at radius 2 is 1.96 bits per heavy atom.